The number of piperidine rings is 1. The first-order valence-electron chi connectivity index (χ1n) is 3.28. The van der Waals surface area contributed by atoms with Crippen LogP contribution in [0.5, 0.6) is 0 Å². The Hall–Kier alpha value is 1.24. The van der Waals surface area contributed by atoms with Crippen molar-refractivity contribution in [3.63, 3.8) is 0 Å². The Balaban J connectivity index is 0. The molecular formula is C6H12NNaS2. The topological polar surface area (TPSA) is 3.24 Å². The average Bonchev–Trinajstić information content (AvgIpc) is 1.90. The molecule has 10 heavy (non-hydrogen) atoms. The standard InChI is InChI=1S/C6H11NS2.Na.H/c8-6(9)7-4-2-1-3-5-7;;/h1-5H2,(H,8,9);;/q;+1;-1. The molecule has 1 aliphatic heterocycles. The van der Waals surface area contributed by atoms with Crippen molar-refractivity contribution in [2.24, 2.45) is 0 Å². The van der Waals surface area contributed by atoms with Crippen LogP contribution in [0, 0.1) is 0 Å². The summed E-state index contributed by atoms with van der Waals surface area (Å²) in [5.74, 6) is 0. The Kier molecular flexibility index (Phi) is 6.56. The predicted octanol–water partition coefficient (Wildman–Crippen LogP) is -1.20. The van der Waals surface area contributed by atoms with Crippen molar-refractivity contribution in [3.8, 4) is 0 Å². The molecule has 0 aromatic heterocycles. The maximum absolute atomic E-state index is 4.91. The number of hydrogen-bond acceptors (Lipinski definition) is 1. The summed E-state index contributed by atoms with van der Waals surface area (Å²) in [6.07, 6.45) is 3.91. The van der Waals surface area contributed by atoms with E-state index in [1.807, 2.05) is 0 Å². The number of likely N-dealkylation sites (tertiary alicyclic amines) is 1. The van der Waals surface area contributed by atoms with Crippen LogP contribution in [0.4, 0.5) is 0 Å². The Morgan fingerprint density at radius 2 is 1.80 bits per heavy atom. The second-order valence-electron chi connectivity index (χ2n) is 2.33. The fourth-order valence-electron chi connectivity index (χ4n) is 1.09. The van der Waals surface area contributed by atoms with Crippen molar-refractivity contribution in [3.05, 3.63) is 0 Å². The number of thiol groups is 1. The summed E-state index contributed by atoms with van der Waals surface area (Å²) in [5.41, 5.74) is 0. The van der Waals surface area contributed by atoms with Crippen LogP contribution in [0.3, 0.4) is 0 Å². The third-order valence-electron chi connectivity index (χ3n) is 1.63. The summed E-state index contributed by atoms with van der Waals surface area (Å²) < 4.78 is 0.759. The smallest absolute Gasteiger partial charge is 1.00 e. The summed E-state index contributed by atoms with van der Waals surface area (Å²) in [7, 11) is 0. The van der Waals surface area contributed by atoms with Gasteiger partial charge in [0, 0.05) is 13.1 Å². The third kappa shape index (κ3) is 3.58. The molecule has 0 N–H and O–H groups in total. The van der Waals surface area contributed by atoms with Crippen molar-refractivity contribution < 1.29 is 31.0 Å². The van der Waals surface area contributed by atoms with Gasteiger partial charge in [-0.15, -0.1) is 12.6 Å². The van der Waals surface area contributed by atoms with E-state index in [9.17, 15) is 0 Å². The van der Waals surface area contributed by atoms with Gasteiger partial charge >= 0.3 is 29.6 Å². The summed E-state index contributed by atoms with van der Waals surface area (Å²) >= 11 is 9.00. The Morgan fingerprint density at radius 1 is 1.30 bits per heavy atom. The first kappa shape index (κ1) is 11.2. The number of rotatable bonds is 0. The average molecular weight is 185 g/mol. The molecule has 0 aliphatic carbocycles. The maximum Gasteiger partial charge on any atom is 1.00 e. The van der Waals surface area contributed by atoms with Crippen LogP contribution < -0.4 is 29.6 Å². The van der Waals surface area contributed by atoms with E-state index < -0.39 is 0 Å². The molecule has 0 aromatic rings. The molecular weight excluding hydrogens is 173 g/mol. The van der Waals surface area contributed by atoms with Gasteiger partial charge in [-0.05, 0) is 19.3 Å². The van der Waals surface area contributed by atoms with Crippen molar-refractivity contribution in [1.82, 2.24) is 4.90 Å². The third-order valence-corrected chi connectivity index (χ3v) is 2.17. The van der Waals surface area contributed by atoms with E-state index in [0.29, 0.717) is 0 Å². The molecule has 0 bridgehead atoms. The van der Waals surface area contributed by atoms with Gasteiger partial charge < -0.3 is 6.33 Å². The summed E-state index contributed by atoms with van der Waals surface area (Å²) in [5, 5.41) is 0. The van der Waals surface area contributed by atoms with Crippen LogP contribution in [0.1, 0.15) is 20.7 Å². The van der Waals surface area contributed by atoms with Gasteiger partial charge in [-0.2, -0.15) is 0 Å². The Bertz CT molecular complexity index is 117. The van der Waals surface area contributed by atoms with Crippen molar-refractivity contribution in [2.45, 2.75) is 19.3 Å². The van der Waals surface area contributed by atoms with E-state index in [2.05, 4.69) is 17.5 Å². The van der Waals surface area contributed by atoms with Crippen LogP contribution in [0.2, 0.25) is 0 Å². The minimum absolute atomic E-state index is 0. The Labute approximate surface area is 96.7 Å². The molecule has 0 spiro atoms. The molecule has 1 saturated heterocycles. The molecule has 0 radical (unpaired) electrons. The van der Waals surface area contributed by atoms with E-state index in [1.54, 1.807) is 0 Å². The molecule has 4 heteroatoms. The molecule has 1 nitrogen and oxygen atoms in total. The van der Waals surface area contributed by atoms with E-state index in [4.69, 9.17) is 12.2 Å². The van der Waals surface area contributed by atoms with Gasteiger partial charge in [0.05, 0.1) is 0 Å². The van der Waals surface area contributed by atoms with Crippen molar-refractivity contribution >= 4 is 29.2 Å². The van der Waals surface area contributed by atoms with Gasteiger partial charge in [0.1, 0.15) is 4.32 Å². The molecule has 54 valence electrons. The maximum atomic E-state index is 4.91. The molecule has 0 saturated carbocycles. The summed E-state index contributed by atoms with van der Waals surface area (Å²) in [6.45, 7) is 2.23. The SMILES string of the molecule is S=C(S)N1CCCCC1.[H-].[Na+]. The number of hydrogen-bond donors (Lipinski definition) is 1. The van der Waals surface area contributed by atoms with Crippen LogP contribution in [0.15, 0.2) is 0 Å². The predicted molar refractivity (Wildman–Crippen MR) is 48.1 cm³/mol. The summed E-state index contributed by atoms with van der Waals surface area (Å²) in [4.78, 5) is 2.15. The molecule has 0 amide bonds. The van der Waals surface area contributed by atoms with Crippen molar-refractivity contribution in [2.75, 3.05) is 13.1 Å². The van der Waals surface area contributed by atoms with Gasteiger partial charge in [0.15, 0.2) is 0 Å². The normalized spacial score (nSPS) is 17.9. The zero-order chi connectivity index (χ0) is 6.69. The van der Waals surface area contributed by atoms with Gasteiger partial charge in [-0.1, -0.05) is 12.2 Å². The minimum Gasteiger partial charge on any atom is -1.00 e. The molecule has 0 aromatic carbocycles. The quantitative estimate of drug-likeness (QED) is 0.287. The fraction of sp³-hybridized carbons (Fsp3) is 0.833. The van der Waals surface area contributed by atoms with Gasteiger partial charge in [-0.3, -0.25) is 0 Å². The fourth-order valence-corrected chi connectivity index (χ4v) is 1.47. The molecule has 0 atom stereocenters. The van der Waals surface area contributed by atoms with Gasteiger partial charge in [-0.25, -0.2) is 0 Å². The van der Waals surface area contributed by atoms with E-state index in [0.717, 1.165) is 17.4 Å². The van der Waals surface area contributed by atoms with E-state index in [-0.39, 0.29) is 31.0 Å². The molecule has 1 rings (SSSR count). The second kappa shape index (κ2) is 5.84. The van der Waals surface area contributed by atoms with E-state index >= 15 is 0 Å². The molecule has 1 heterocycles. The summed E-state index contributed by atoms with van der Waals surface area (Å²) in [6, 6.07) is 0. The van der Waals surface area contributed by atoms with Crippen LogP contribution in [0.25, 0.3) is 0 Å². The Morgan fingerprint density at radius 3 is 2.10 bits per heavy atom. The monoisotopic (exact) mass is 185 g/mol. The molecule has 1 fully saturated rings. The van der Waals surface area contributed by atoms with Gasteiger partial charge in [0.25, 0.3) is 0 Å². The van der Waals surface area contributed by atoms with Crippen LogP contribution in [-0.4, -0.2) is 22.3 Å². The largest absolute Gasteiger partial charge is 1.00 e. The van der Waals surface area contributed by atoms with Crippen LogP contribution >= 0.6 is 24.8 Å². The first-order valence-corrected chi connectivity index (χ1v) is 4.14. The second-order valence-corrected chi connectivity index (χ2v) is 3.44. The molecule has 0 unspecified atom stereocenters. The number of nitrogens with zero attached hydrogens (tertiary/aromatic N) is 1. The zero-order valence-corrected chi connectivity index (χ0v) is 10.0. The molecule has 1 aliphatic rings. The minimum atomic E-state index is 0. The van der Waals surface area contributed by atoms with Crippen LogP contribution in [-0.2, 0) is 0 Å². The number of thiocarbonyl (C=S) groups is 1. The van der Waals surface area contributed by atoms with Gasteiger partial charge in [0.2, 0.25) is 0 Å². The van der Waals surface area contributed by atoms with E-state index in [1.165, 1.54) is 19.3 Å². The first-order chi connectivity index (χ1) is 4.30. The zero-order valence-electron chi connectivity index (χ0n) is 7.34. The van der Waals surface area contributed by atoms with Crippen molar-refractivity contribution in [1.29, 1.82) is 0 Å².